The number of carbonyl (C=O) groups excluding carboxylic acids is 2. The normalized spacial score (nSPS) is 12.4. The Balaban J connectivity index is 1.47. The molecular formula is C21H19N3O7S. The molecule has 3 aromatic rings. The number of hydrogen-bond donors (Lipinski definition) is 1. The van der Waals surface area contributed by atoms with Crippen LogP contribution in [0.1, 0.15) is 10.4 Å². The van der Waals surface area contributed by atoms with Gasteiger partial charge in [0.2, 0.25) is 11.6 Å². The Labute approximate surface area is 187 Å². The maximum atomic E-state index is 12.6. The summed E-state index contributed by atoms with van der Waals surface area (Å²) < 4.78 is 27.0. The van der Waals surface area contributed by atoms with E-state index < -0.39 is 0 Å². The van der Waals surface area contributed by atoms with Gasteiger partial charge in [-0.15, -0.1) is 10.2 Å². The minimum Gasteiger partial charge on any atom is -0.493 e. The van der Waals surface area contributed by atoms with Crippen molar-refractivity contribution in [3.8, 4) is 34.5 Å². The van der Waals surface area contributed by atoms with Crippen LogP contribution in [0.5, 0.6) is 23.0 Å². The Morgan fingerprint density at radius 3 is 2.53 bits per heavy atom. The monoisotopic (exact) mass is 457 g/mol. The summed E-state index contributed by atoms with van der Waals surface area (Å²) >= 11 is 1.11. The van der Waals surface area contributed by atoms with E-state index in [1.165, 1.54) is 21.3 Å². The number of benzene rings is 2. The largest absolute Gasteiger partial charge is 0.493 e. The SMILES string of the molecule is COc1cc(-c2nnc(SCC(=O)c3ccc4c(c3)NC(=O)CO4)o2)cc(OC)c1OC. The van der Waals surface area contributed by atoms with Crippen molar-refractivity contribution in [1.82, 2.24) is 10.2 Å². The summed E-state index contributed by atoms with van der Waals surface area (Å²) in [6, 6.07) is 8.27. The molecule has 0 fully saturated rings. The van der Waals surface area contributed by atoms with Gasteiger partial charge in [-0.2, -0.15) is 0 Å². The number of aromatic nitrogens is 2. The highest BCUT2D eigenvalue weighted by atomic mass is 32.2. The average molecular weight is 457 g/mol. The molecule has 1 N–H and O–H groups in total. The first-order valence-corrected chi connectivity index (χ1v) is 10.4. The Morgan fingerprint density at radius 1 is 1.09 bits per heavy atom. The van der Waals surface area contributed by atoms with Crippen LogP contribution < -0.4 is 24.3 Å². The van der Waals surface area contributed by atoms with Crippen LogP contribution in [0.3, 0.4) is 0 Å². The molecule has 1 aliphatic heterocycles. The lowest BCUT2D eigenvalue weighted by molar-refractivity contribution is -0.118. The van der Waals surface area contributed by atoms with Gasteiger partial charge in [0, 0.05) is 11.1 Å². The molecule has 0 saturated carbocycles. The van der Waals surface area contributed by atoms with Crippen LogP contribution >= 0.6 is 11.8 Å². The van der Waals surface area contributed by atoms with Gasteiger partial charge in [-0.05, 0) is 30.3 Å². The van der Waals surface area contributed by atoms with Crippen molar-refractivity contribution in [2.75, 3.05) is 39.0 Å². The van der Waals surface area contributed by atoms with E-state index in [0.717, 1.165) is 11.8 Å². The molecule has 0 bridgehead atoms. The molecule has 0 spiro atoms. The third kappa shape index (κ3) is 4.33. The Bertz CT molecular complexity index is 1150. The van der Waals surface area contributed by atoms with E-state index in [1.807, 2.05) is 0 Å². The fourth-order valence-corrected chi connectivity index (χ4v) is 3.71. The quantitative estimate of drug-likeness (QED) is 0.399. The first kappa shape index (κ1) is 21.5. The van der Waals surface area contributed by atoms with Crippen molar-refractivity contribution in [3.05, 3.63) is 35.9 Å². The number of thioether (sulfide) groups is 1. The van der Waals surface area contributed by atoms with Crippen molar-refractivity contribution in [2.45, 2.75) is 5.22 Å². The third-order valence-corrected chi connectivity index (χ3v) is 5.40. The van der Waals surface area contributed by atoms with Crippen LogP contribution in [0.25, 0.3) is 11.5 Å². The van der Waals surface area contributed by atoms with E-state index in [0.29, 0.717) is 39.8 Å². The molecule has 1 amide bonds. The number of nitrogens with one attached hydrogen (secondary N) is 1. The fourth-order valence-electron chi connectivity index (χ4n) is 3.06. The molecule has 2 aromatic carbocycles. The Morgan fingerprint density at radius 2 is 1.84 bits per heavy atom. The number of amides is 1. The third-order valence-electron chi connectivity index (χ3n) is 4.58. The molecule has 11 heteroatoms. The molecule has 1 aromatic heterocycles. The number of nitrogens with zero attached hydrogens (tertiary/aromatic N) is 2. The molecule has 4 rings (SSSR count). The van der Waals surface area contributed by atoms with Crippen LogP contribution in [-0.4, -0.2) is 55.6 Å². The molecular weight excluding hydrogens is 438 g/mol. The van der Waals surface area contributed by atoms with E-state index in [2.05, 4.69) is 15.5 Å². The van der Waals surface area contributed by atoms with Crippen molar-refractivity contribution < 1.29 is 33.0 Å². The number of rotatable bonds is 8. The number of ether oxygens (including phenoxy) is 4. The average Bonchev–Trinajstić information content (AvgIpc) is 3.30. The number of ketones is 1. The smallest absolute Gasteiger partial charge is 0.277 e. The number of fused-ring (bicyclic) bond motifs is 1. The predicted molar refractivity (Wildman–Crippen MR) is 115 cm³/mol. The minimum absolute atomic E-state index is 0.0401. The first-order chi connectivity index (χ1) is 15.5. The molecule has 0 aliphatic carbocycles. The van der Waals surface area contributed by atoms with E-state index in [1.54, 1.807) is 30.3 Å². The summed E-state index contributed by atoms with van der Waals surface area (Å²) in [7, 11) is 4.54. The van der Waals surface area contributed by atoms with Crippen LogP contribution in [0.4, 0.5) is 5.69 Å². The van der Waals surface area contributed by atoms with E-state index in [-0.39, 0.29) is 35.2 Å². The lowest BCUT2D eigenvalue weighted by atomic mass is 10.1. The summed E-state index contributed by atoms with van der Waals surface area (Å²) in [4.78, 5) is 24.1. The standard InChI is InChI=1S/C21H19N3O7S/c1-27-16-7-12(8-17(28-2)19(16)29-3)20-23-24-21(31-20)32-10-14(25)11-4-5-15-13(6-11)22-18(26)9-30-15/h4-8H,9-10H2,1-3H3,(H,22,26). The van der Waals surface area contributed by atoms with Crippen LogP contribution in [-0.2, 0) is 4.79 Å². The molecule has 0 saturated heterocycles. The highest BCUT2D eigenvalue weighted by Crippen LogP contribution is 2.41. The lowest BCUT2D eigenvalue weighted by Crippen LogP contribution is -2.25. The van der Waals surface area contributed by atoms with Gasteiger partial charge in [-0.3, -0.25) is 9.59 Å². The molecule has 166 valence electrons. The predicted octanol–water partition coefficient (Wildman–Crippen LogP) is 3.07. The number of anilines is 1. The zero-order chi connectivity index (χ0) is 22.7. The summed E-state index contributed by atoms with van der Waals surface area (Å²) in [6.07, 6.45) is 0. The van der Waals surface area contributed by atoms with Crippen molar-refractivity contribution in [2.24, 2.45) is 0 Å². The minimum atomic E-state index is -0.262. The number of hydrogen-bond acceptors (Lipinski definition) is 10. The Kier molecular flexibility index (Phi) is 6.17. The molecule has 32 heavy (non-hydrogen) atoms. The number of Topliss-reactive ketones (excluding diaryl/α,β-unsaturated/α-hetero) is 1. The zero-order valence-electron chi connectivity index (χ0n) is 17.5. The molecule has 1 aliphatic rings. The second-order valence-corrected chi connectivity index (χ2v) is 7.47. The topological polar surface area (TPSA) is 122 Å². The van der Waals surface area contributed by atoms with Gasteiger partial charge in [0.25, 0.3) is 11.1 Å². The van der Waals surface area contributed by atoms with Gasteiger partial charge < -0.3 is 28.7 Å². The van der Waals surface area contributed by atoms with Gasteiger partial charge >= 0.3 is 0 Å². The lowest BCUT2D eigenvalue weighted by Gasteiger charge is -2.18. The molecule has 0 atom stereocenters. The van der Waals surface area contributed by atoms with E-state index >= 15 is 0 Å². The van der Waals surface area contributed by atoms with Gasteiger partial charge in [0.1, 0.15) is 5.75 Å². The summed E-state index contributed by atoms with van der Waals surface area (Å²) in [5, 5.41) is 11.0. The second-order valence-electron chi connectivity index (χ2n) is 6.55. The fraction of sp³-hybridized carbons (Fsp3) is 0.238. The van der Waals surface area contributed by atoms with Crippen LogP contribution in [0.2, 0.25) is 0 Å². The second kappa shape index (κ2) is 9.18. The Hall–Kier alpha value is -3.73. The van der Waals surface area contributed by atoms with Crippen LogP contribution in [0, 0.1) is 0 Å². The van der Waals surface area contributed by atoms with E-state index in [9.17, 15) is 9.59 Å². The van der Waals surface area contributed by atoms with Gasteiger partial charge in [0.15, 0.2) is 23.9 Å². The summed E-state index contributed by atoms with van der Waals surface area (Å²) in [5.41, 5.74) is 1.49. The molecule has 0 radical (unpaired) electrons. The highest BCUT2D eigenvalue weighted by molar-refractivity contribution is 7.99. The van der Waals surface area contributed by atoms with Gasteiger partial charge in [-0.1, -0.05) is 11.8 Å². The van der Waals surface area contributed by atoms with Gasteiger partial charge in [-0.25, -0.2) is 0 Å². The van der Waals surface area contributed by atoms with Crippen molar-refractivity contribution in [1.29, 1.82) is 0 Å². The maximum absolute atomic E-state index is 12.6. The van der Waals surface area contributed by atoms with Gasteiger partial charge in [0.05, 0.1) is 32.8 Å². The molecule has 10 nitrogen and oxygen atoms in total. The summed E-state index contributed by atoms with van der Waals surface area (Å²) in [6.45, 7) is -0.0401. The number of carbonyl (C=O) groups is 2. The summed E-state index contributed by atoms with van der Waals surface area (Å²) in [5.74, 6) is 1.77. The first-order valence-electron chi connectivity index (χ1n) is 9.39. The van der Waals surface area contributed by atoms with Crippen molar-refractivity contribution in [3.63, 3.8) is 0 Å². The van der Waals surface area contributed by atoms with Crippen LogP contribution in [0.15, 0.2) is 40.0 Å². The number of methoxy groups -OCH3 is 3. The molecule has 0 unspecified atom stereocenters. The maximum Gasteiger partial charge on any atom is 0.277 e. The molecule has 2 heterocycles. The zero-order valence-corrected chi connectivity index (χ0v) is 18.3. The highest BCUT2D eigenvalue weighted by Gasteiger charge is 2.20. The van der Waals surface area contributed by atoms with E-state index in [4.69, 9.17) is 23.4 Å². The van der Waals surface area contributed by atoms with Crippen molar-refractivity contribution >= 4 is 29.1 Å².